The van der Waals surface area contributed by atoms with Crippen molar-refractivity contribution in [1.82, 2.24) is 5.32 Å². The third-order valence-corrected chi connectivity index (χ3v) is 3.80. The van der Waals surface area contributed by atoms with E-state index >= 15 is 0 Å². The van der Waals surface area contributed by atoms with E-state index in [0.29, 0.717) is 23.7 Å². The molecule has 0 saturated carbocycles. The van der Waals surface area contributed by atoms with Crippen LogP contribution in [0.3, 0.4) is 0 Å². The molecule has 0 aromatic heterocycles. The van der Waals surface area contributed by atoms with Gasteiger partial charge in [0, 0.05) is 30.9 Å². The van der Waals surface area contributed by atoms with Crippen LogP contribution in [0, 0.1) is 10.1 Å². The lowest BCUT2D eigenvalue weighted by atomic mass is 10.2. The van der Waals surface area contributed by atoms with Gasteiger partial charge in [0.05, 0.1) is 10.5 Å². The Morgan fingerprint density at radius 1 is 1.07 bits per heavy atom. The second-order valence-electron chi connectivity index (χ2n) is 5.72. The van der Waals surface area contributed by atoms with Crippen LogP contribution in [0.1, 0.15) is 10.4 Å². The van der Waals surface area contributed by atoms with Gasteiger partial charge in [0.2, 0.25) is 6.79 Å². The Morgan fingerprint density at radius 2 is 1.82 bits per heavy atom. The fourth-order valence-electron chi connectivity index (χ4n) is 2.40. The molecule has 2 N–H and O–H groups in total. The maximum Gasteiger partial charge on any atom is 0.338 e. The molecule has 2 aromatic carbocycles. The second kappa shape index (κ2) is 8.71. The molecule has 0 fully saturated rings. The number of benzene rings is 2. The second-order valence-corrected chi connectivity index (χ2v) is 5.72. The minimum absolute atomic E-state index is 0.00290. The molecule has 3 rings (SSSR count). The van der Waals surface area contributed by atoms with Gasteiger partial charge in [-0.25, -0.2) is 4.79 Å². The van der Waals surface area contributed by atoms with Crippen molar-refractivity contribution < 1.29 is 28.7 Å². The third kappa shape index (κ3) is 4.87. The molecule has 0 spiro atoms. The van der Waals surface area contributed by atoms with Crippen LogP contribution in [0.25, 0.3) is 0 Å². The number of amides is 1. The first-order valence-corrected chi connectivity index (χ1v) is 8.35. The SMILES string of the molecule is O=C(COC(=O)c1ccc2c(c1)OCO2)NCCNc1ccc([N+](=O)[O-])cc1. The van der Waals surface area contributed by atoms with Crippen LogP contribution in [0.5, 0.6) is 11.5 Å². The van der Waals surface area contributed by atoms with Crippen molar-refractivity contribution in [2.24, 2.45) is 0 Å². The molecule has 0 bridgehead atoms. The number of nitrogens with zero attached hydrogens (tertiary/aromatic N) is 1. The van der Waals surface area contributed by atoms with E-state index in [2.05, 4.69) is 10.6 Å². The smallest absolute Gasteiger partial charge is 0.338 e. The van der Waals surface area contributed by atoms with Gasteiger partial charge in [-0.05, 0) is 30.3 Å². The molecule has 1 aliphatic heterocycles. The van der Waals surface area contributed by atoms with Crippen molar-refractivity contribution in [3.05, 3.63) is 58.1 Å². The molecule has 10 nitrogen and oxygen atoms in total. The topological polar surface area (TPSA) is 129 Å². The highest BCUT2D eigenvalue weighted by Gasteiger charge is 2.17. The van der Waals surface area contributed by atoms with E-state index in [1.54, 1.807) is 18.2 Å². The van der Waals surface area contributed by atoms with E-state index in [-0.39, 0.29) is 24.6 Å². The first-order valence-electron chi connectivity index (χ1n) is 8.35. The maximum absolute atomic E-state index is 12.0. The number of fused-ring (bicyclic) bond motifs is 1. The summed E-state index contributed by atoms with van der Waals surface area (Å²) in [6.45, 7) is 0.381. The molecule has 10 heteroatoms. The van der Waals surface area contributed by atoms with Gasteiger partial charge in [0.15, 0.2) is 18.1 Å². The molecule has 1 amide bonds. The molecule has 0 radical (unpaired) electrons. The van der Waals surface area contributed by atoms with Gasteiger partial charge in [-0.1, -0.05) is 0 Å². The predicted molar refractivity (Wildman–Crippen MR) is 97.4 cm³/mol. The largest absolute Gasteiger partial charge is 0.454 e. The Bertz CT molecular complexity index is 883. The first kappa shape index (κ1) is 19.0. The van der Waals surface area contributed by atoms with Crippen LogP contribution in [-0.4, -0.2) is 43.3 Å². The van der Waals surface area contributed by atoms with E-state index in [1.165, 1.54) is 24.3 Å². The molecule has 0 saturated heterocycles. The van der Waals surface area contributed by atoms with Gasteiger partial charge in [0.1, 0.15) is 0 Å². The first-order chi connectivity index (χ1) is 13.5. The average Bonchev–Trinajstić information content (AvgIpc) is 3.17. The molecule has 146 valence electrons. The van der Waals surface area contributed by atoms with Crippen LogP contribution >= 0.6 is 0 Å². The Kier molecular flexibility index (Phi) is 5.90. The van der Waals surface area contributed by atoms with Crippen molar-refractivity contribution in [3.63, 3.8) is 0 Å². The van der Waals surface area contributed by atoms with Crippen molar-refractivity contribution in [2.75, 3.05) is 31.8 Å². The van der Waals surface area contributed by atoms with Gasteiger partial charge in [-0.15, -0.1) is 0 Å². The fraction of sp³-hybridized carbons (Fsp3) is 0.222. The lowest BCUT2D eigenvalue weighted by molar-refractivity contribution is -0.384. The van der Waals surface area contributed by atoms with Crippen molar-refractivity contribution >= 4 is 23.3 Å². The lowest BCUT2D eigenvalue weighted by Gasteiger charge is -2.09. The summed E-state index contributed by atoms with van der Waals surface area (Å²) in [7, 11) is 0. The Balaban J connectivity index is 1.35. The average molecular weight is 387 g/mol. The van der Waals surface area contributed by atoms with Crippen LogP contribution < -0.4 is 20.1 Å². The molecule has 2 aromatic rings. The molecule has 0 unspecified atom stereocenters. The maximum atomic E-state index is 12.0. The summed E-state index contributed by atoms with van der Waals surface area (Å²) in [4.78, 5) is 33.9. The number of anilines is 1. The quantitative estimate of drug-likeness (QED) is 0.303. The molecular weight excluding hydrogens is 370 g/mol. The van der Waals surface area contributed by atoms with Gasteiger partial charge >= 0.3 is 5.97 Å². The van der Waals surface area contributed by atoms with Crippen LogP contribution in [0.2, 0.25) is 0 Å². The van der Waals surface area contributed by atoms with Crippen LogP contribution in [0.15, 0.2) is 42.5 Å². The number of nitro benzene ring substituents is 1. The van der Waals surface area contributed by atoms with E-state index in [9.17, 15) is 19.7 Å². The highest BCUT2D eigenvalue weighted by molar-refractivity contribution is 5.92. The Hall–Kier alpha value is -3.82. The van der Waals surface area contributed by atoms with Gasteiger partial charge in [0.25, 0.3) is 11.6 Å². The number of hydrogen-bond donors (Lipinski definition) is 2. The predicted octanol–water partition coefficient (Wildman–Crippen LogP) is 1.71. The number of nitro groups is 1. The highest BCUT2D eigenvalue weighted by Crippen LogP contribution is 2.32. The highest BCUT2D eigenvalue weighted by atomic mass is 16.7. The van der Waals surface area contributed by atoms with Crippen molar-refractivity contribution in [1.29, 1.82) is 0 Å². The number of rotatable bonds is 8. The number of esters is 1. The minimum Gasteiger partial charge on any atom is -0.454 e. The normalized spacial score (nSPS) is 11.6. The number of ether oxygens (including phenoxy) is 3. The van der Waals surface area contributed by atoms with Crippen molar-refractivity contribution in [3.8, 4) is 11.5 Å². The zero-order valence-corrected chi connectivity index (χ0v) is 14.7. The van der Waals surface area contributed by atoms with Crippen LogP contribution in [-0.2, 0) is 9.53 Å². The summed E-state index contributed by atoms with van der Waals surface area (Å²) in [5, 5.41) is 16.2. The third-order valence-electron chi connectivity index (χ3n) is 3.80. The number of carbonyl (C=O) groups excluding carboxylic acids is 2. The summed E-state index contributed by atoms with van der Waals surface area (Å²) >= 11 is 0. The molecule has 0 atom stereocenters. The molecule has 1 heterocycles. The van der Waals surface area contributed by atoms with E-state index in [0.717, 1.165) is 0 Å². The summed E-state index contributed by atoms with van der Waals surface area (Å²) in [5.74, 6) is -0.0805. The Morgan fingerprint density at radius 3 is 2.57 bits per heavy atom. The summed E-state index contributed by atoms with van der Waals surface area (Å²) in [5.41, 5.74) is 0.953. The van der Waals surface area contributed by atoms with Gasteiger partial charge in [-0.3, -0.25) is 14.9 Å². The zero-order chi connectivity index (χ0) is 19.9. The number of nitrogens with one attached hydrogen (secondary N) is 2. The van der Waals surface area contributed by atoms with E-state index in [4.69, 9.17) is 14.2 Å². The summed E-state index contributed by atoms with van der Waals surface area (Å²) < 4.78 is 15.3. The van der Waals surface area contributed by atoms with Gasteiger partial charge < -0.3 is 24.8 Å². The van der Waals surface area contributed by atoms with E-state index in [1.807, 2.05) is 0 Å². The number of carbonyl (C=O) groups is 2. The zero-order valence-electron chi connectivity index (χ0n) is 14.7. The number of non-ortho nitro benzene ring substituents is 1. The molecule has 28 heavy (non-hydrogen) atoms. The lowest BCUT2D eigenvalue weighted by Crippen LogP contribution is -2.32. The monoisotopic (exact) mass is 387 g/mol. The fourth-order valence-corrected chi connectivity index (χ4v) is 2.40. The molecular formula is C18H17N3O7. The minimum atomic E-state index is -0.641. The standard InChI is InChI=1S/C18H17N3O7/c22-17(20-8-7-19-13-2-4-14(5-3-13)21(24)25)10-26-18(23)12-1-6-15-16(9-12)28-11-27-15/h1-6,9,19H,7-8,10-11H2,(H,20,22). The Labute approximate surface area is 159 Å². The van der Waals surface area contributed by atoms with Gasteiger partial charge in [-0.2, -0.15) is 0 Å². The molecule has 1 aliphatic rings. The van der Waals surface area contributed by atoms with Crippen LogP contribution in [0.4, 0.5) is 11.4 Å². The van der Waals surface area contributed by atoms with E-state index < -0.39 is 23.4 Å². The summed E-state index contributed by atoms with van der Waals surface area (Å²) in [6, 6.07) is 10.6. The van der Waals surface area contributed by atoms with Crippen molar-refractivity contribution in [2.45, 2.75) is 0 Å². The summed E-state index contributed by atoms with van der Waals surface area (Å²) in [6.07, 6.45) is 0. The number of hydrogen-bond acceptors (Lipinski definition) is 8. The molecule has 0 aliphatic carbocycles.